The first-order valence-corrected chi connectivity index (χ1v) is 10.2. The minimum atomic E-state index is -0.808. The van der Waals surface area contributed by atoms with Crippen molar-refractivity contribution in [2.75, 3.05) is 0 Å². The second-order valence-corrected chi connectivity index (χ2v) is 7.68. The normalized spacial score (nSPS) is 15.2. The molecule has 7 nitrogen and oxygen atoms in total. The molecule has 0 aliphatic carbocycles. The van der Waals surface area contributed by atoms with E-state index in [1.807, 2.05) is 0 Å². The van der Waals surface area contributed by atoms with E-state index in [9.17, 15) is 14.4 Å². The molecule has 0 saturated carbocycles. The maximum absolute atomic E-state index is 12.9. The third kappa shape index (κ3) is 4.69. The van der Waals surface area contributed by atoms with Crippen LogP contribution in [0, 0.1) is 0 Å². The molecule has 4 amide bonds. The van der Waals surface area contributed by atoms with Gasteiger partial charge in [-0.05, 0) is 42.0 Å². The van der Waals surface area contributed by atoms with Crippen LogP contribution >= 0.6 is 23.2 Å². The average molecular weight is 471 g/mol. The van der Waals surface area contributed by atoms with E-state index in [0.29, 0.717) is 27.1 Å². The van der Waals surface area contributed by atoms with Crippen molar-refractivity contribution < 1.29 is 23.5 Å². The van der Waals surface area contributed by atoms with E-state index in [4.69, 9.17) is 32.4 Å². The van der Waals surface area contributed by atoms with Crippen molar-refractivity contribution in [2.24, 2.45) is 0 Å². The van der Waals surface area contributed by atoms with E-state index in [-0.39, 0.29) is 18.7 Å². The number of para-hydroxylation sites is 1. The number of imide groups is 2. The zero-order chi connectivity index (χ0) is 22.7. The van der Waals surface area contributed by atoms with Crippen molar-refractivity contribution in [3.8, 4) is 5.75 Å². The molecule has 0 radical (unpaired) electrons. The second kappa shape index (κ2) is 9.30. The van der Waals surface area contributed by atoms with E-state index in [1.54, 1.807) is 54.6 Å². The summed E-state index contributed by atoms with van der Waals surface area (Å²) < 4.78 is 11.1. The number of rotatable bonds is 6. The molecule has 162 valence electrons. The smallest absolute Gasteiger partial charge is 0.331 e. The molecule has 1 saturated heterocycles. The van der Waals surface area contributed by atoms with Gasteiger partial charge in [-0.2, -0.15) is 0 Å². The Morgan fingerprint density at radius 2 is 1.81 bits per heavy atom. The number of hydrogen-bond acceptors (Lipinski definition) is 5. The number of nitrogens with one attached hydrogen (secondary N) is 1. The molecule has 0 bridgehead atoms. The molecule has 1 aromatic heterocycles. The van der Waals surface area contributed by atoms with Crippen LogP contribution in [0.15, 0.2) is 70.9 Å². The summed E-state index contributed by atoms with van der Waals surface area (Å²) in [6.45, 7) is 0.0953. The van der Waals surface area contributed by atoms with Gasteiger partial charge in [0.25, 0.3) is 11.8 Å². The highest BCUT2D eigenvalue weighted by Gasteiger charge is 2.36. The Balaban J connectivity index is 1.58. The predicted octanol–water partition coefficient (Wildman–Crippen LogP) is 4.83. The number of carbonyl (C=O) groups is 3. The fraction of sp³-hybridized carbons (Fsp3) is 0.0870. The Morgan fingerprint density at radius 3 is 2.56 bits per heavy atom. The predicted molar refractivity (Wildman–Crippen MR) is 118 cm³/mol. The van der Waals surface area contributed by atoms with Crippen LogP contribution in [0.1, 0.15) is 16.9 Å². The van der Waals surface area contributed by atoms with Gasteiger partial charge < -0.3 is 9.15 Å². The molecular formula is C23H16Cl2N2O5. The van der Waals surface area contributed by atoms with E-state index in [1.165, 1.54) is 12.3 Å². The van der Waals surface area contributed by atoms with E-state index in [0.717, 1.165) is 10.5 Å². The number of benzene rings is 2. The number of ether oxygens (including phenoxy) is 1. The van der Waals surface area contributed by atoms with Crippen LogP contribution in [0.4, 0.5) is 4.79 Å². The fourth-order valence-electron chi connectivity index (χ4n) is 3.07. The van der Waals surface area contributed by atoms with Crippen LogP contribution in [0.5, 0.6) is 5.75 Å². The van der Waals surface area contributed by atoms with Crippen molar-refractivity contribution in [1.82, 2.24) is 10.2 Å². The van der Waals surface area contributed by atoms with Gasteiger partial charge in [-0.15, -0.1) is 0 Å². The summed E-state index contributed by atoms with van der Waals surface area (Å²) >= 11 is 12.0. The highest BCUT2D eigenvalue weighted by molar-refractivity contribution is 6.42. The highest BCUT2D eigenvalue weighted by Crippen LogP contribution is 2.26. The SMILES string of the molecule is O=C1NC(=O)N(Cc2ccco2)C(=O)/C1=C/c1ccccc1OCc1ccc(Cl)c(Cl)c1. The molecule has 0 unspecified atom stereocenters. The Bertz CT molecular complexity index is 1220. The van der Waals surface area contributed by atoms with Crippen molar-refractivity contribution in [3.05, 3.63) is 93.4 Å². The van der Waals surface area contributed by atoms with Crippen molar-refractivity contribution in [2.45, 2.75) is 13.2 Å². The summed E-state index contributed by atoms with van der Waals surface area (Å²) in [5.41, 5.74) is 1.10. The molecule has 2 heterocycles. The lowest BCUT2D eigenvalue weighted by atomic mass is 10.1. The van der Waals surface area contributed by atoms with Crippen LogP contribution in [-0.4, -0.2) is 22.7 Å². The van der Waals surface area contributed by atoms with Gasteiger partial charge in [-0.25, -0.2) is 4.79 Å². The minimum absolute atomic E-state index is 0.0994. The van der Waals surface area contributed by atoms with Gasteiger partial charge in [0.05, 0.1) is 22.9 Å². The Morgan fingerprint density at radius 1 is 1.00 bits per heavy atom. The molecule has 0 spiro atoms. The maximum Gasteiger partial charge on any atom is 0.331 e. The third-order valence-electron chi connectivity index (χ3n) is 4.68. The van der Waals surface area contributed by atoms with Crippen molar-refractivity contribution >= 4 is 47.1 Å². The van der Waals surface area contributed by atoms with Crippen LogP contribution in [0.25, 0.3) is 6.08 Å². The molecule has 2 aromatic carbocycles. The Labute approximate surface area is 193 Å². The standard InChI is InChI=1S/C23H16Cl2N2O5/c24-18-8-7-14(10-19(18)25)13-32-20-6-2-1-4-15(20)11-17-21(28)26-23(30)27(22(17)29)12-16-5-3-9-31-16/h1-11H,12-13H2,(H,26,28,30)/b17-11+. The van der Waals surface area contributed by atoms with Crippen LogP contribution in [0.3, 0.4) is 0 Å². The summed E-state index contributed by atoms with van der Waals surface area (Å²) in [5, 5.41) is 3.03. The summed E-state index contributed by atoms with van der Waals surface area (Å²) in [5.74, 6) is -0.655. The largest absolute Gasteiger partial charge is 0.488 e. The number of carbonyl (C=O) groups excluding carboxylic acids is 3. The lowest BCUT2D eigenvalue weighted by Crippen LogP contribution is -2.53. The summed E-state index contributed by atoms with van der Waals surface area (Å²) in [6, 6.07) is 14.5. The number of hydrogen-bond donors (Lipinski definition) is 1. The zero-order valence-corrected chi connectivity index (χ0v) is 18.0. The lowest BCUT2D eigenvalue weighted by Gasteiger charge is -2.25. The molecule has 1 fully saturated rings. The molecular weight excluding hydrogens is 455 g/mol. The van der Waals surface area contributed by atoms with E-state index < -0.39 is 17.8 Å². The molecule has 1 N–H and O–H groups in total. The number of furan rings is 1. The molecule has 1 aliphatic rings. The number of nitrogens with zero attached hydrogens (tertiary/aromatic N) is 1. The Hall–Kier alpha value is -3.55. The number of amides is 4. The first-order valence-electron chi connectivity index (χ1n) is 9.49. The first kappa shape index (κ1) is 21.7. The van der Waals surface area contributed by atoms with E-state index in [2.05, 4.69) is 5.32 Å². The second-order valence-electron chi connectivity index (χ2n) is 6.86. The average Bonchev–Trinajstić information content (AvgIpc) is 3.29. The van der Waals surface area contributed by atoms with Gasteiger partial charge in [-0.1, -0.05) is 47.5 Å². The van der Waals surface area contributed by atoms with Crippen molar-refractivity contribution in [3.63, 3.8) is 0 Å². The topological polar surface area (TPSA) is 88.9 Å². The molecule has 4 rings (SSSR count). The summed E-state index contributed by atoms with van der Waals surface area (Å²) in [6.07, 6.45) is 2.83. The maximum atomic E-state index is 12.9. The number of urea groups is 1. The van der Waals surface area contributed by atoms with Crippen LogP contribution in [0.2, 0.25) is 10.0 Å². The zero-order valence-electron chi connectivity index (χ0n) is 16.5. The van der Waals surface area contributed by atoms with Gasteiger partial charge in [0.2, 0.25) is 0 Å². The summed E-state index contributed by atoms with van der Waals surface area (Å²) in [7, 11) is 0. The summed E-state index contributed by atoms with van der Waals surface area (Å²) in [4.78, 5) is 38.4. The van der Waals surface area contributed by atoms with Gasteiger partial charge in [0.15, 0.2) is 0 Å². The monoisotopic (exact) mass is 470 g/mol. The molecule has 1 aliphatic heterocycles. The lowest BCUT2D eigenvalue weighted by molar-refractivity contribution is -0.130. The van der Waals surface area contributed by atoms with Gasteiger partial charge in [0, 0.05) is 5.56 Å². The number of barbiturate groups is 1. The molecule has 9 heteroatoms. The fourth-order valence-corrected chi connectivity index (χ4v) is 3.39. The van der Waals surface area contributed by atoms with E-state index >= 15 is 0 Å². The van der Waals surface area contributed by atoms with Gasteiger partial charge >= 0.3 is 6.03 Å². The third-order valence-corrected chi connectivity index (χ3v) is 5.42. The first-order chi connectivity index (χ1) is 15.4. The van der Waals surface area contributed by atoms with Crippen LogP contribution in [-0.2, 0) is 22.7 Å². The van der Waals surface area contributed by atoms with Gasteiger partial charge in [-0.3, -0.25) is 19.8 Å². The van der Waals surface area contributed by atoms with Crippen molar-refractivity contribution in [1.29, 1.82) is 0 Å². The molecule has 0 atom stereocenters. The van der Waals surface area contributed by atoms with Gasteiger partial charge in [0.1, 0.15) is 23.7 Å². The van der Waals surface area contributed by atoms with Crippen LogP contribution < -0.4 is 10.1 Å². The number of halogens is 2. The Kier molecular flexibility index (Phi) is 6.30. The molecule has 3 aromatic rings. The highest BCUT2D eigenvalue weighted by atomic mass is 35.5. The minimum Gasteiger partial charge on any atom is -0.488 e. The quantitative estimate of drug-likeness (QED) is 0.411. The molecule has 32 heavy (non-hydrogen) atoms.